The van der Waals surface area contributed by atoms with Crippen molar-refractivity contribution >= 4 is 11.4 Å². The largest absolute Gasteiger partial charge is 0.508 e. The molecule has 0 heterocycles. The first kappa shape index (κ1) is 14.9. The average Bonchev–Trinajstić information content (AvgIpc) is 2.45. The van der Waals surface area contributed by atoms with Gasteiger partial charge in [-0.05, 0) is 55.7 Å². The molecule has 0 aliphatic carbocycles. The molecule has 2 aromatic carbocycles. The number of hydrogen-bond acceptors (Lipinski definition) is 4. The molecule has 0 radical (unpaired) electrons. The summed E-state index contributed by atoms with van der Waals surface area (Å²) in [4.78, 5) is 5.37. The van der Waals surface area contributed by atoms with E-state index in [-0.39, 0.29) is 5.75 Å². The Morgan fingerprint density at radius 2 is 1.81 bits per heavy atom. The molecule has 0 bridgehead atoms. The minimum atomic E-state index is 0.267. The van der Waals surface area contributed by atoms with E-state index in [1.165, 1.54) is 0 Å². The van der Waals surface area contributed by atoms with Crippen molar-refractivity contribution in [3.8, 4) is 5.75 Å². The van der Waals surface area contributed by atoms with Gasteiger partial charge in [0.25, 0.3) is 0 Å². The summed E-state index contributed by atoms with van der Waals surface area (Å²) in [6, 6.07) is 11.1. The van der Waals surface area contributed by atoms with Gasteiger partial charge in [0.1, 0.15) is 12.4 Å². The highest BCUT2D eigenvalue weighted by Gasteiger charge is 2.07. The molecule has 0 saturated carbocycles. The maximum atomic E-state index is 9.80. The predicted octanol–water partition coefficient (Wildman–Crippen LogP) is 3.53. The number of nitrogen functional groups attached to an aromatic ring is 1. The zero-order valence-corrected chi connectivity index (χ0v) is 12.6. The number of phenolic OH excluding ortho intramolecular Hbond substituents is 1. The van der Waals surface area contributed by atoms with E-state index in [1.54, 1.807) is 6.07 Å². The van der Waals surface area contributed by atoms with Gasteiger partial charge >= 0.3 is 0 Å². The molecule has 2 rings (SSSR count). The van der Waals surface area contributed by atoms with Crippen LogP contribution >= 0.6 is 0 Å². The van der Waals surface area contributed by atoms with Crippen LogP contribution in [0.25, 0.3) is 0 Å². The van der Waals surface area contributed by atoms with Crippen LogP contribution in [-0.4, -0.2) is 10.8 Å². The van der Waals surface area contributed by atoms with E-state index in [2.05, 4.69) is 5.16 Å². The number of nitrogens with two attached hydrogens (primary N) is 1. The van der Waals surface area contributed by atoms with Gasteiger partial charge in [-0.25, -0.2) is 0 Å². The van der Waals surface area contributed by atoms with Crippen LogP contribution in [-0.2, 0) is 11.4 Å². The van der Waals surface area contributed by atoms with Crippen LogP contribution in [0.15, 0.2) is 41.6 Å². The number of benzene rings is 2. The Morgan fingerprint density at radius 3 is 2.48 bits per heavy atom. The van der Waals surface area contributed by atoms with Crippen LogP contribution in [0.5, 0.6) is 5.75 Å². The third-order valence-corrected chi connectivity index (χ3v) is 3.35. The second-order valence-corrected chi connectivity index (χ2v) is 5.15. The minimum Gasteiger partial charge on any atom is -0.508 e. The third kappa shape index (κ3) is 3.75. The Balaban J connectivity index is 2.07. The van der Waals surface area contributed by atoms with E-state index in [0.29, 0.717) is 6.61 Å². The molecule has 0 spiro atoms. The van der Waals surface area contributed by atoms with Crippen molar-refractivity contribution in [3.05, 3.63) is 58.7 Å². The fourth-order valence-electron chi connectivity index (χ4n) is 2.10. The molecule has 2 aromatic rings. The Hall–Kier alpha value is -2.49. The van der Waals surface area contributed by atoms with Crippen molar-refractivity contribution in [2.75, 3.05) is 5.73 Å². The molecule has 0 aromatic heterocycles. The number of anilines is 1. The number of aromatic hydroxyl groups is 1. The maximum absolute atomic E-state index is 9.80. The Morgan fingerprint density at radius 1 is 1.14 bits per heavy atom. The highest BCUT2D eigenvalue weighted by Crippen LogP contribution is 2.22. The molecular formula is C17H20N2O2. The predicted molar refractivity (Wildman–Crippen MR) is 85.4 cm³/mol. The van der Waals surface area contributed by atoms with E-state index in [4.69, 9.17) is 10.6 Å². The summed E-state index contributed by atoms with van der Waals surface area (Å²) in [7, 11) is 0. The Kier molecular flexibility index (Phi) is 4.48. The molecule has 0 fully saturated rings. The number of nitrogens with zero attached hydrogens (tertiary/aromatic N) is 1. The van der Waals surface area contributed by atoms with Gasteiger partial charge in [-0.1, -0.05) is 23.4 Å². The molecule has 110 valence electrons. The van der Waals surface area contributed by atoms with Crippen LogP contribution in [0.1, 0.15) is 29.2 Å². The summed E-state index contributed by atoms with van der Waals surface area (Å²) in [6.45, 7) is 6.10. The Labute approximate surface area is 124 Å². The van der Waals surface area contributed by atoms with Gasteiger partial charge < -0.3 is 15.7 Å². The highest BCUT2D eigenvalue weighted by molar-refractivity contribution is 6.00. The van der Waals surface area contributed by atoms with Crippen molar-refractivity contribution in [2.45, 2.75) is 27.4 Å². The molecule has 0 aliphatic heterocycles. The van der Waals surface area contributed by atoms with Crippen molar-refractivity contribution < 1.29 is 9.94 Å². The first-order valence-electron chi connectivity index (χ1n) is 6.79. The third-order valence-electron chi connectivity index (χ3n) is 3.35. The number of rotatable bonds is 4. The summed E-state index contributed by atoms with van der Waals surface area (Å²) in [5.41, 5.74) is 10.9. The lowest BCUT2D eigenvalue weighted by atomic mass is 10.0. The van der Waals surface area contributed by atoms with Gasteiger partial charge in [0.05, 0.1) is 5.71 Å². The molecule has 0 saturated heterocycles. The molecule has 0 atom stereocenters. The molecule has 0 unspecified atom stereocenters. The van der Waals surface area contributed by atoms with E-state index in [0.717, 1.165) is 33.7 Å². The number of oxime groups is 1. The quantitative estimate of drug-likeness (QED) is 0.512. The first-order chi connectivity index (χ1) is 9.97. The molecule has 0 amide bonds. The van der Waals surface area contributed by atoms with Gasteiger partial charge in [-0.2, -0.15) is 0 Å². The Bertz CT molecular complexity index is 661. The lowest BCUT2D eigenvalue weighted by Crippen LogP contribution is -2.00. The maximum Gasteiger partial charge on any atom is 0.142 e. The van der Waals surface area contributed by atoms with E-state index in [9.17, 15) is 5.11 Å². The highest BCUT2D eigenvalue weighted by atomic mass is 16.6. The monoisotopic (exact) mass is 284 g/mol. The van der Waals surface area contributed by atoms with E-state index in [1.807, 2.05) is 51.1 Å². The summed E-state index contributed by atoms with van der Waals surface area (Å²) in [5.74, 6) is 0.267. The minimum absolute atomic E-state index is 0.267. The summed E-state index contributed by atoms with van der Waals surface area (Å²) >= 11 is 0. The van der Waals surface area contributed by atoms with E-state index >= 15 is 0 Å². The number of aryl methyl sites for hydroxylation is 2. The SMILES string of the molecule is C/C(=N\OCc1ccc(N)cc1)c1cc(O)c(C)cc1C. The van der Waals surface area contributed by atoms with Crippen molar-refractivity contribution in [2.24, 2.45) is 5.16 Å². The number of phenols is 1. The first-order valence-corrected chi connectivity index (χ1v) is 6.79. The molecule has 4 heteroatoms. The van der Waals surface area contributed by atoms with Crippen LogP contribution in [0.4, 0.5) is 5.69 Å². The molecular weight excluding hydrogens is 264 g/mol. The van der Waals surface area contributed by atoms with Gasteiger partial charge in [0.2, 0.25) is 0 Å². The molecule has 4 nitrogen and oxygen atoms in total. The van der Waals surface area contributed by atoms with Crippen molar-refractivity contribution in [3.63, 3.8) is 0 Å². The lowest BCUT2D eigenvalue weighted by Gasteiger charge is -2.08. The fourth-order valence-corrected chi connectivity index (χ4v) is 2.10. The van der Waals surface area contributed by atoms with E-state index < -0.39 is 0 Å². The zero-order chi connectivity index (χ0) is 15.4. The topological polar surface area (TPSA) is 67.8 Å². The number of hydrogen-bond donors (Lipinski definition) is 2. The van der Waals surface area contributed by atoms with Gasteiger partial charge in [0, 0.05) is 11.3 Å². The zero-order valence-electron chi connectivity index (χ0n) is 12.6. The van der Waals surface area contributed by atoms with Crippen molar-refractivity contribution in [1.82, 2.24) is 0 Å². The van der Waals surface area contributed by atoms with Crippen molar-refractivity contribution in [1.29, 1.82) is 0 Å². The van der Waals surface area contributed by atoms with Gasteiger partial charge in [-0.15, -0.1) is 0 Å². The molecule has 21 heavy (non-hydrogen) atoms. The summed E-state index contributed by atoms with van der Waals surface area (Å²) < 4.78 is 0. The second kappa shape index (κ2) is 6.31. The smallest absolute Gasteiger partial charge is 0.142 e. The second-order valence-electron chi connectivity index (χ2n) is 5.15. The van der Waals surface area contributed by atoms with Crippen LogP contribution in [0, 0.1) is 13.8 Å². The summed E-state index contributed by atoms with van der Waals surface area (Å²) in [5, 5.41) is 13.9. The van der Waals surface area contributed by atoms with Crippen LogP contribution in [0.2, 0.25) is 0 Å². The van der Waals surface area contributed by atoms with Gasteiger partial charge in [0.15, 0.2) is 0 Å². The van der Waals surface area contributed by atoms with Gasteiger partial charge in [-0.3, -0.25) is 0 Å². The molecule has 3 N–H and O–H groups in total. The van der Waals surface area contributed by atoms with Crippen LogP contribution in [0.3, 0.4) is 0 Å². The lowest BCUT2D eigenvalue weighted by molar-refractivity contribution is 0.130. The average molecular weight is 284 g/mol. The standard InChI is InChI=1S/C17H20N2O2/c1-11-8-12(2)17(20)9-16(11)13(3)19-21-10-14-4-6-15(18)7-5-14/h4-9,20H,10,18H2,1-3H3/b19-13+. The normalized spacial score (nSPS) is 11.5. The fraction of sp³-hybridized carbons (Fsp3) is 0.235. The molecule has 0 aliphatic rings. The van der Waals surface area contributed by atoms with Crippen LogP contribution < -0.4 is 5.73 Å². The summed E-state index contributed by atoms with van der Waals surface area (Å²) in [6.07, 6.45) is 0.